The maximum atomic E-state index is 12.2. The largest absolute Gasteiger partial charge is 0.491 e. The zero-order valence-corrected chi connectivity index (χ0v) is 12.7. The fourth-order valence-corrected chi connectivity index (χ4v) is 2.49. The Labute approximate surface area is 138 Å². The number of imide groups is 1. The third-order valence-electron chi connectivity index (χ3n) is 3.70. The molecule has 0 spiro atoms. The van der Waals surface area contributed by atoms with Crippen LogP contribution in [0.15, 0.2) is 48.5 Å². The summed E-state index contributed by atoms with van der Waals surface area (Å²) >= 11 is 0. The van der Waals surface area contributed by atoms with E-state index in [-0.39, 0.29) is 13.2 Å². The van der Waals surface area contributed by atoms with Gasteiger partial charge in [-0.15, -0.1) is 0 Å². The standard InChI is InChI=1S/C18H14N2O4/c19-9-12-5-7-14(8-6-12)24-11-13(21)10-20-17(22)15-3-1-2-4-16(15)18(20)23/h1-8,13,21H,10-11H2. The Bertz CT molecular complexity index is 789. The fourth-order valence-electron chi connectivity index (χ4n) is 2.49. The maximum Gasteiger partial charge on any atom is 0.261 e. The molecule has 1 N–H and O–H groups in total. The van der Waals surface area contributed by atoms with Crippen molar-refractivity contribution in [2.75, 3.05) is 13.2 Å². The van der Waals surface area contributed by atoms with Crippen molar-refractivity contribution in [2.45, 2.75) is 6.10 Å². The van der Waals surface area contributed by atoms with E-state index in [2.05, 4.69) is 0 Å². The van der Waals surface area contributed by atoms with E-state index in [0.29, 0.717) is 22.4 Å². The minimum atomic E-state index is -1.01. The van der Waals surface area contributed by atoms with Crippen LogP contribution in [0, 0.1) is 11.3 Å². The van der Waals surface area contributed by atoms with Gasteiger partial charge in [-0.2, -0.15) is 5.26 Å². The maximum absolute atomic E-state index is 12.2. The lowest BCUT2D eigenvalue weighted by Crippen LogP contribution is -2.39. The van der Waals surface area contributed by atoms with E-state index >= 15 is 0 Å². The molecule has 0 saturated heterocycles. The van der Waals surface area contributed by atoms with Crippen LogP contribution in [-0.2, 0) is 0 Å². The van der Waals surface area contributed by atoms with Crippen LogP contribution >= 0.6 is 0 Å². The molecular weight excluding hydrogens is 308 g/mol. The number of nitriles is 1. The molecule has 1 heterocycles. The first kappa shape index (κ1) is 15.7. The number of carbonyl (C=O) groups excluding carboxylic acids is 2. The van der Waals surface area contributed by atoms with E-state index < -0.39 is 17.9 Å². The summed E-state index contributed by atoms with van der Waals surface area (Å²) in [6.07, 6.45) is -1.01. The highest BCUT2D eigenvalue weighted by Gasteiger charge is 2.36. The van der Waals surface area contributed by atoms with Crippen molar-refractivity contribution < 1.29 is 19.4 Å². The van der Waals surface area contributed by atoms with Crippen LogP contribution in [0.1, 0.15) is 26.3 Å². The number of amides is 2. The van der Waals surface area contributed by atoms with Crippen molar-refractivity contribution >= 4 is 11.8 Å². The van der Waals surface area contributed by atoms with Crippen molar-refractivity contribution in [3.05, 3.63) is 65.2 Å². The van der Waals surface area contributed by atoms with Gasteiger partial charge in [0, 0.05) is 0 Å². The van der Waals surface area contributed by atoms with Gasteiger partial charge in [0.1, 0.15) is 18.5 Å². The van der Waals surface area contributed by atoms with Crippen molar-refractivity contribution in [3.8, 4) is 11.8 Å². The van der Waals surface area contributed by atoms with Gasteiger partial charge < -0.3 is 9.84 Å². The van der Waals surface area contributed by atoms with Gasteiger partial charge in [0.05, 0.1) is 29.3 Å². The van der Waals surface area contributed by atoms with Crippen molar-refractivity contribution in [2.24, 2.45) is 0 Å². The van der Waals surface area contributed by atoms with E-state index in [0.717, 1.165) is 4.90 Å². The SMILES string of the molecule is N#Cc1ccc(OCC(O)CN2C(=O)c3ccccc3C2=O)cc1. The Balaban J connectivity index is 1.59. The summed E-state index contributed by atoms with van der Waals surface area (Å²) in [4.78, 5) is 25.4. The van der Waals surface area contributed by atoms with E-state index in [1.54, 1.807) is 48.5 Å². The predicted molar refractivity (Wildman–Crippen MR) is 84.5 cm³/mol. The number of β-amino-alcohol motifs (C(OH)–C–C–N with tert-alkyl or cyclic N) is 1. The Morgan fingerprint density at radius 2 is 1.62 bits per heavy atom. The van der Waals surface area contributed by atoms with Crippen LogP contribution in [-0.4, -0.2) is 41.1 Å². The second-order valence-electron chi connectivity index (χ2n) is 5.37. The summed E-state index contributed by atoms with van der Waals surface area (Å²) < 4.78 is 5.42. The highest BCUT2D eigenvalue weighted by molar-refractivity contribution is 6.21. The van der Waals surface area contributed by atoms with E-state index in [4.69, 9.17) is 10.00 Å². The number of fused-ring (bicyclic) bond motifs is 1. The zero-order valence-electron chi connectivity index (χ0n) is 12.7. The van der Waals surface area contributed by atoms with Crippen LogP contribution in [0.25, 0.3) is 0 Å². The van der Waals surface area contributed by atoms with E-state index in [9.17, 15) is 14.7 Å². The van der Waals surface area contributed by atoms with Gasteiger partial charge >= 0.3 is 0 Å². The molecular formula is C18H14N2O4. The summed E-state index contributed by atoms with van der Waals surface area (Å²) in [7, 11) is 0. The monoisotopic (exact) mass is 322 g/mol. The highest BCUT2D eigenvalue weighted by atomic mass is 16.5. The van der Waals surface area contributed by atoms with E-state index in [1.807, 2.05) is 6.07 Å². The first-order chi connectivity index (χ1) is 11.6. The molecule has 2 amide bonds. The number of nitrogens with zero attached hydrogens (tertiary/aromatic N) is 2. The normalized spacial score (nSPS) is 14.2. The molecule has 6 heteroatoms. The molecule has 1 aliphatic rings. The van der Waals surface area contributed by atoms with Crippen molar-refractivity contribution in [3.63, 3.8) is 0 Å². The Morgan fingerprint density at radius 1 is 1.04 bits per heavy atom. The Morgan fingerprint density at radius 3 is 2.17 bits per heavy atom. The van der Waals surface area contributed by atoms with Crippen LogP contribution in [0.3, 0.4) is 0 Å². The molecule has 1 unspecified atom stereocenters. The van der Waals surface area contributed by atoms with Gasteiger partial charge in [-0.05, 0) is 36.4 Å². The number of aliphatic hydroxyl groups is 1. The molecule has 0 aliphatic carbocycles. The van der Waals surface area contributed by atoms with Gasteiger partial charge in [0.25, 0.3) is 11.8 Å². The topological polar surface area (TPSA) is 90.6 Å². The number of aliphatic hydroxyl groups excluding tert-OH is 1. The average Bonchev–Trinajstić information content (AvgIpc) is 2.86. The molecule has 120 valence electrons. The number of rotatable bonds is 5. The number of ether oxygens (including phenoxy) is 1. The van der Waals surface area contributed by atoms with Crippen LogP contribution in [0.5, 0.6) is 5.75 Å². The van der Waals surface area contributed by atoms with E-state index in [1.165, 1.54) is 0 Å². The third-order valence-corrected chi connectivity index (χ3v) is 3.70. The molecule has 0 fully saturated rings. The lowest BCUT2D eigenvalue weighted by Gasteiger charge is -2.18. The highest BCUT2D eigenvalue weighted by Crippen LogP contribution is 2.22. The molecule has 6 nitrogen and oxygen atoms in total. The Kier molecular flexibility index (Phi) is 4.27. The molecule has 2 aromatic carbocycles. The second-order valence-corrected chi connectivity index (χ2v) is 5.37. The second kappa shape index (κ2) is 6.52. The van der Waals surface area contributed by atoms with Gasteiger partial charge in [-0.1, -0.05) is 12.1 Å². The number of carbonyl (C=O) groups is 2. The Hall–Kier alpha value is -3.17. The summed E-state index contributed by atoms with van der Waals surface area (Å²) in [5, 5.41) is 18.8. The molecule has 0 bridgehead atoms. The quantitative estimate of drug-likeness (QED) is 0.844. The van der Waals surface area contributed by atoms with Crippen molar-refractivity contribution in [1.82, 2.24) is 4.90 Å². The first-order valence-electron chi connectivity index (χ1n) is 7.36. The third kappa shape index (κ3) is 2.98. The summed E-state index contributed by atoms with van der Waals surface area (Å²) in [5.41, 5.74) is 1.21. The summed E-state index contributed by atoms with van der Waals surface area (Å²) in [6.45, 7) is -0.206. The molecule has 1 atom stereocenters. The molecule has 0 radical (unpaired) electrons. The van der Waals surface area contributed by atoms with Crippen LogP contribution < -0.4 is 4.74 Å². The molecule has 3 rings (SSSR count). The number of hydrogen-bond acceptors (Lipinski definition) is 5. The van der Waals surface area contributed by atoms with Gasteiger partial charge in [0.2, 0.25) is 0 Å². The molecule has 1 aliphatic heterocycles. The van der Waals surface area contributed by atoms with Gasteiger partial charge in [-0.25, -0.2) is 0 Å². The fraction of sp³-hybridized carbons (Fsp3) is 0.167. The smallest absolute Gasteiger partial charge is 0.261 e. The number of hydrogen-bond donors (Lipinski definition) is 1. The predicted octanol–water partition coefficient (Wildman–Crippen LogP) is 1.59. The van der Waals surface area contributed by atoms with Crippen LogP contribution in [0.4, 0.5) is 0 Å². The average molecular weight is 322 g/mol. The molecule has 0 aromatic heterocycles. The first-order valence-corrected chi connectivity index (χ1v) is 7.36. The summed E-state index contributed by atoms with van der Waals surface area (Å²) in [6, 6.07) is 15.0. The minimum Gasteiger partial charge on any atom is -0.491 e. The summed E-state index contributed by atoms with van der Waals surface area (Å²) in [5.74, 6) is -0.323. The van der Waals surface area contributed by atoms with Crippen molar-refractivity contribution in [1.29, 1.82) is 5.26 Å². The van der Waals surface area contributed by atoms with Crippen LogP contribution in [0.2, 0.25) is 0 Å². The zero-order chi connectivity index (χ0) is 17.1. The number of benzene rings is 2. The van der Waals surface area contributed by atoms with Gasteiger partial charge in [-0.3, -0.25) is 14.5 Å². The molecule has 24 heavy (non-hydrogen) atoms. The molecule has 2 aromatic rings. The van der Waals surface area contributed by atoms with Gasteiger partial charge in [0.15, 0.2) is 0 Å². The lowest BCUT2D eigenvalue weighted by atomic mass is 10.1. The molecule has 0 saturated carbocycles. The minimum absolute atomic E-state index is 0.0701. The lowest BCUT2D eigenvalue weighted by molar-refractivity contribution is 0.0457.